The predicted octanol–water partition coefficient (Wildman–Crippen LogP) is 1.68. The Morgan fingerprint density at radius 1 is 1.43 bits per heavy atom. The van der Waals surface area contributed by atoms with Gasteiger partial charge in [0.2, 0.25) is 0 Å². The molecular formula is C11H20O3. The molecule has 1 aliphatic heterocycles. The van der Waals surface area contributed by atoms with E-state index in [1.807, 2.05) is 0 Å². The van der Waals surface area contributed by atoms with Crippen LogP contribution in [0.2, 0.25) is 0 Å². The molecule has 2 atom stereocenters. The molecule has 1 rings (SSSR count). The van der Waals surface area contributed by atoms with Crippen molar-refractivity contribution in [1.29, 1.82) is 0 Å². The maximum Gasteiger partial charge on any atom is 0.164 e. The summed E-state index contributed by atoms with van der Waals surface area (Å²) in [6.07, 6.45) is 5.11. The number of ketones is 1. The van der Waals surface area contributed by atoms with Gasteiger partial charge in [0.1, 0.15) is 6.10 Å². The lowest BCUT2D eigenvalue weighted by molar-refractivity contribution is -0.123. The van der Waals surface area contributed by atoms with Crippen molar-refractivity contribution >= 4 is 5.78 Å². The molecule has 3 nitrogen and oxygen atoms in total. The summed E-state index contributed by atoms with van der Waals surface area (Å²) in [7, 11) is 0. The van der Waals surface area contributed by atoms with Gasteiger partial charge in [0.25, 0.3) is 0 Å². The highest BCUT2D eigenvalue weighted by atomic mass is 16.5. The topological polar surface area (TPSA) is 46.5 Å². The van der Waals surface area contributed by atoms with E-state index in [0.29, 0.717) is 19.3 Å². The SMILES string of the molecule is CCCC[C@H]1CC(=O)[C@H](CCCO)O1. The van der Waals surface area contributed by atoms with Crippen molar-refractivity contribution in [3.8, 4) is 0 Å². The molecule has 1 N–H and O–H groups in total. The molecule has 0 radical (unpaired) electrons. The number of ether oxygens (including phenoxy) is 1. The highest BCUT2D eigenvalue weighted by Crippen LogP contribution is 2.23. The van der Waals surface area contributed by atoms with Gasteiger partial charge in [-0.1, -0.05) is 19.8 Å². The third kappa shape index (κ3) is 3.39. The monoisotopic (exact) mass is 200 g/mol. The van der Waals surface area contributed by atoms with Gasteiger partial charge in [0.05, 0.1) is 6.10 Å². The van der Waals surface area contributed by atoms with Gasteiger partial charge in [-0.3, -0.25) is 4.79 Å². The quantitative estimate of drug-likeness (QED) is 0.709. The lowest BCUT2D eigenvalue weighted by Crippen LogP contribution is -2.16. The van der Waals surface area contributed by atoms with Crippen LogP contribution < -0.4 is 0 Å². The second kappa shape index (κ2) is 6.14. The second-order valence-electron chi connectivity index (χ2n) is 3.93. The molecule has 0 spiro atoms. The fourth-order valence-electron chi connectivity index (χ4n) is 1.82. The predicted molar refractivity (Wildman–Crippen MR) is 54.1 cm³/mol. The molecule has 1 fully saturated rings. The fraction of sp³-hybridized carbons (Fsp3) is 0.909. The van der Waals surface area contributed by atoms with Gasteiger partial charge in [-0.25, -0.2) is 0 Å². The molecule has 1 saturated heterocycles. The van der Waals surface area contributed by atoms with Gasteiger partial charge in [-0.05, 0) is 19.3 Å². The van der Waals surface area contributed by atoms with Crippen LogP contribution in [-0.2, 0) is 9.53 Å². The van der Waals surface area contributed by atoms with E-state index in [-0.39, 0.29) is 24.6 Å². The molecule has 14 heavy (non-hydrogen) atoms. The Balaban J connectivity index is 2.24. The van der Waals surface area contributed by atoms with Crippen molar-refractivity contribution in [2.75, 3.05) is 6.61 Å². The van der Waals surface area contributed by atoms with Crippen molar-refractivity contribution in [3.05, 3.63) is 0 Å². The van der Waals surface area contributed by atoms with Gasteiger partial charge in [0, 0.05) is 13.0 Å². The molecule has 0 aliphatic carbocycles. The van der Waals surface area contributed by atoms with Gasteiger partial charge in [-0.2, -0.15) is 0 Å². The Hall–Kier alpha value is -0.410. The number of aliphatic hydroxyl groups is 1. The Bertz CT molecular complexity index is 179. The highest BCUT2D eigenvalue weighted by molar-refractivity contribution is 5.85. The van der Waals surface area contributed by atoms with E-state index in [1.54, 1.807) is 0 Å². The first-order chi connectivity index (χ1) is 6.77. The van der Waals surface area contributed by atoms with Gasteiger partial charge in [-0.15, -0.1) is 0 Å². The maximum atomic E-state index is 11.4. The number of aliphatic hydroxyl groups excluding tert-OH is 1. The lowest BCUT2D eigenvalue weighted by atomic mass is 10.1. The minimum absolute atomic E-state index is 0.145. The van der Waals surface area contributed by atoms with Gasteiger partial charge < -0.3 is 9.84 Å². The molecule has 0 aromatic heterocycles. The number of carbonyl (C=O) groups excluding carboxylic acids is 1. The van der Waals surface area contributed by atoms with Crippen molar-refractivity contribution in [1.82, 2.24) is 0 Å². The summed E-state index contributed by atoms with van der Waals surface area (Å²) in [5, 5.41) is 8.65. The number of carbonyl (C=O) groups is 1. The van der Waals surface area contributed by atoms with E-state index in [1.165, 1.54) is 0 Å². The van der Waals surface area contributed by atoms with Crippen molar-refractivity contribution in [3.63, 3.8) is 0 Å². The van der Waals surface area contributed by atoms with E-state index in [4.69, 9.17) is 9.84 Å². The standard InChI is InChI=1S/C11H20O3/c1-2-3-5-9-8-10(13)11(14-9)6-4-7-12/h9,11-12H,2-8H2,1H3/t9-,11-/m0/s1. The molecular weight excluding hydrogens is 180 g/mol. The average Bonchev–Trinajstić information content (AvgIpc) is 2.53. The van der Waals surface area contributed by atoms with Crippen molar-refractivity contribution in [2.24, 2.45) is 0 Å². The van der Waals surface area contributed by atoms with Crippen LogP contribution >= 0.6 is 0 Å². The Morgan fingerprint density at radius 3 is 2.86 bits per heavy atom. The van der Waals surface area contributed by atoms with E-state index >= 15 is 0 Å². The minimum atomic E-state index is -0.232. The zero-order valence-corrected chi connectivity index (χ0v) is 8.87. The minimum Gasteiger partial charge on any atom is -0.396 e. The summed E-state index contributed by atoms with van der Waals surface area (Å²) in [4.78, 5) is 11.4. The van der Waals surface area contributed by atoms with E-state index in [2.05, 4.69) is 6.92 Å². The summed E-state index contributed by atoms with van der Waals surface area (Å²) in [5.74, 6) is 0.222. The van der Waals surface area contributed by atoms with Crippen LogP contribution in [0, 0.1) is 0 Å². The zero-order valence-electron chi connectivity index (χ0n) is 8.87. The van der Waals surface area contributed by atoms with E-state index in [9.17, 15) is 4.79 Å². The number of hydrogen-bond donors (Lipinski definition) is 1. The van der Waals surface area contributed by atoms with Crippen LogP contribution in [0.3, 0.4) is 0 Å². The molecule has 82 valence electrons. The summed E-state index contributed by atoms with van der Waals surface area (Å²) in [6, 6.07) is 0. The van der Waals surface area contributed by atoms with Gasteiger partial charge in [0.15, 0.2) is 5.78 Å². The van der Waals surface area contributed by atoms with Crippen LogP contribution in [0.4, 0.5) is 0 Å². The first kappa shape index (κ1) is 11.7. The normalized spacial score (nSPS) is 27.1. The third-order valence-corrected chi connectivity index (χ3v) is 2.65. The number of rotatable bonds is 6. The molecule has 0 aromatic rings. The fourth-order valence-corrected chi connectivity index (χ4v) is 1.82. The zero-order chi connectivity index (χ0) is 10.4. The summed E-state index contributed by atoms with van der Waals surface area (Å²) in [6.45, 7) is 2.28. The lowest BCUT2D eigenvalue weighted by Gasteiger charge is -2.11. The summed E-state index contributed by atoms with van der Waals surface area (Å²) >= 11 is 0. The maximum absolute atomic E-state index is 11.4. The first-order valence-corrected chi connectivity index (χ1v) is 5.57. The summed E-state index contributed by atoms with van der Waals surface area (Å²) < 4.78 is 5.62. The van der Waals surface area contributed by atoms with Crippen LogP contribution in [0.5, 0.6) is 0 Å². The molecule has 0 aromatic carbocycles. The van der Waals surface area contributed by atoms with Crippen LogP contribution in [0.15, 0.2) is 0 Å². The number of Topliss-reactive ketones (excluding diaryl/α,β-unsaturated/α-hetero) is 1. The molecule has 1 heterocycles. The molecule has 3 heteroatoms. The first-order valence-electron chi connectivity index (χ1n) is 5.57. The molecule has 0 bridgehead atoms. The largest absolute Gasteiger partial charge is 0.396 e. The molecule has 0 unspecified atom stereocenters. The van der Waals surface area contributed by atoms with Crippen molar-refractivity contribution < 1.29 is 14.6 Å². The van der Waals surface area contributed by atoms with E-state index in [0.717, 1.165) is 19.3 Å². The Labute approximate surface area is 85.5 Å². The Morgan fingerprint density at radius 2 is 2.21 bits per heavy atom. The Kier molecular flexibility index (Phi) is 5.12. The van der Waals surface area contributed by atoms with Crippen LogP contribution in [0.25, 0.3) is 0 Å². The van der Waals surface area contributed by atoms with Gasteiger partial charge >= 0.3 is 0 Å². The van der Waals surface area contributed by atoms with Crippen molar-refractivity contribution in [2.45, 2.75) is 57.7 Å². The molecule has 1 aliphatic rings. The van der Waals surface area contributed by atoms with E-state index < -0.39 is 0 Å². The summed E-state index contributed by atoms with van der Waals surface area (Å²) in [5.41, 5.74) is 0. The number of unbranched alkanes of at least 4 members (excludes halogenated alkanes) is 1. The third-order valence-electron chi connectivity index (χ3n) is 2.65. The molecule has 0 amide bonds. The van der Waals surface area contributed by atoms with Crippen LogP contribution in [-0.4, -0.2) is 29.7 Å². The average molecular weight is 200 g/mol. The highest BCUT2D eigenvalue weighted by Gasteiger charge is 2.31. The number of hydrogen-bond acceptors (Lipinski definition) is 3. The smallest absolute Gasteiger partial charge is 0.164 e. The molecule has 0 saturated carbocycles. The van der Waals surface area contributed by atoms with Crippen LogP contribution in [0.1, 0.15) is 45.4 Å². The second-order valence-corrected chi connectivity index (χ2v) is 3.93.